The van der Waals surface area contributed by atoms with E-state index in [0.29, 0.717) is 0 Å². The molecule has 1 amide bonds. The number of hydrogen-bond acceptors (Lipinski definition) is 1. The summed E-state index contributed by atoms with van der Waals surface area (Å²) in [6.07, 6.45) is 1.92. The second-order valence-corrected chi connectivity index (χ2v) is 4.60. The Labute approximate surface area is 101 Å². The van der Waals surface area contributed by atoms with Crippen molar-refractivity contribution >= 4 is 16.7 Å². The van der Waals surface area contributed by atoms with E-state index in [1.54, 1.807) is 0 Å². The fourth-order valence-corrected chi connectivity index (χ4v) is 2.58. The zero-order chi connectivity index (χ0) is 11.8. The summed E-state index contributed by atoms with van der Waals surface area (Å²) >= 11 is 0. The molecule has 17 heavy (non-hydrogen) atoms. The van der Waals surface area contributed by atoms with Crippen molar-refractivity contribution in [3.8, 4) is 0 Å². The quantitative estimate of drug-likeness (QED) is 0.794. The number of rotatable bonds is 1. The minimum absolute atomic E-state index is 0.0730. The van der Waals surface area contributed by atoms with E-state index in [4.69, 9.17) is 0 Å². The molecular weight excluding hydrogens is 210 g/mol. The van der Waals surface area contributed by atoms with Gasteiger partial charge in [-0.2, -0.15) is 0 Å². The normalized spacial score (nSPS) is 18.9. The first-order valence-corrected chi connectivity index (χ1v) is 6.11. The number of carbonyl (C=O) groups is 1. The molecular formula is C15H15NO. The maximum absolute atomic E-state index is 12.0. The molecule has 0 aliphatic carbocycles. The van der Waals surface area contributed by atoms with Crippen LogP contribution >= 0.6 is 0 Å². The van der Waals surface area contributed by atoms with Crippen LogP contribution in [0.4, 0.5) is 0 Å². The Hall–Kier alpha value is -1.83. The lowest BCUT2D eigenvalue weighted by atomic mass is 9.89. The Morgan fingerprint density at radius 2 is 2.06 bits per heavy atom. The largest absolute Gasteiger partial charge is 0.349 e. The van der Waals surface area contributed by atoms with E-state index in [1.807, 2.05) is 24.3 Å². The molecule has 2 nitrogen and oxygen atoms in total. The topological polar surface area (TPSA) is 29.1 Å². The maximum Gasteiger partial charge on any atom is 0.251 e. The minimum Gasteiger partial charge on any atom is -0.349 e. The molecule has 1 N–H and O–H groups in total. The van der Waals surface area contributed by atoms with Crippen LogP contribution in [0.15, 0.2) is 36.4 Å². The van der Waals surface area contributed by atoms with Crippen LogP contribution in [0.2, 0.25) is 0 Å². The summed E-state index contributed by atoms with van der Waals surface area (Å²) < 4.78 is 0. The van der Waals surface area contributed by atoms with Gasteiger partial charge < -0.3 is 5.32 Å². The summed E-state index contributed by atoms with van der Waals surface area (Å²) in [5.74, 6) is 0.0730. The number of hydrogen-bond donors (Lipinski definition) is 1. The molecule has 1 aliphatic heterocycles. The molecule has 0 saturated heterocycles. The van der Waals surface area contributed by atoms with Crippen LogP contribution in [0.1, 0.15) is 29.3 Å². The average Bonchev–Trinajstić information content (AvgIpc) is 2.38. The van der Waals surface area contributed by atoms with Gasteiger partial charge in [-0.25, -0.2) is 0 Å². The molecule has 1 unspecified atom stereocenters. The van der Waals surface area contributed by atoms with E-state index in [2.05, 4.69) is 24.4 Å². The smallest absolute Gasteiger partial charge is 0.251 e. The summed E-state index contributed by atoms with van der Waals surface area (Å²) in [4.78, 5) is 12.0. The van der Waals surface area contributed by atoms with Gasteiger partial charge in [-0.3, -0.25) is 4.79 Å². The fourth-order valence-electron chi connectivity index (χ4n) is 2.58. The molecule has 3 rings (SSSR count). The monoisotopic (exact) mass is 225 g/mol. The van der Waals surface area contributed by atoms with Gasteiger partial charge in [0.15, 0.2) is 0 Å². The average molecular weight is 225 g/mol. The van der Waals surface area contributed by atoms with Crippen molar-refractivity contribution in [2.75, 3.05) is 0 Å². The summed E-state index contributed by atoms with van der Waals surface area (Å²) in [5.41, 5.74) is 2.05. The first-order chi connectivity index (χ1) is 8.29. The summed E-state index contributed by atoms with van der Waals surface area (Å²) in [6, 6.07) is 12.5. The summed E-state index contributed by atoms with van der Waals surface area (Å²) in [7, 11) is 0. The van der Waals surface area contributed by atoms with Gasteiger partial charge in [0.05, 0.1) is 0 Å². The molecule has 0 radical (unpaired) electrons. The van der Waals surface area contributed by atoms with Gasteiger partial charge in [-0.1, -0.05) is 37.3 Å². The van der Waals surface area contributed by atoms with Gasteiger partial charge in [-0.05, 0) is 35.2 Å². The number of amides is 1. The van der Waals surface area contributed by atoms with Gasteiger partial charge in [0.25, 0.3) is 5.91 Å². The zero-order valence-corrected chi connectivity index (χ0v) is 9.86. The first kappa shape index (κ1) is 10.3. The maximum atomic E-state index is 12.0. The van der Waals surface area contributed by atoms with E-state index in [-0.39, 0.29) is 11.9 Å². The second-order valence-electron chi connectivity index (χ2n) is 4.60. The van der Waals surface area contributed by atoms with Gasteiger partial charge in [0.2, 0.25) is 0 Å². The predicted octanol–water partition coefficient (Wildman–Crippen LogP) is 2.90. The summed E-state index contributed by atoms with van der Waals surface area (Å²) in [6.45, 7) is 2.11. The van der Waals surface area contributed by atoms with E-state index in [0.717, 1.165) is 18.4 Å². The van der Waals surface area contributed by atoms with Gasteiger partial charge >= 0.3 is 0 Å². The lowest BCUT2D eigenvalue weighted by molar-refractivity contribution is 0.0924. The minimum atomic E-state index is 0.0730. The van der Waals surface area contributed by atoms with E-state index < -0.39 is 0 Å². The molecule has 1 aliphatic rings. The Morgan fingerprint density at radius 3 is 2.88 bits per heavy atom. The van der Waals surface area contributed by atoms with Gasteiger partial charge in [-0.15, -0.1) is 0 Å². The molecule has 2 aromatic rings. The number of benzene rings is 2. The second kappa shape index (κ2) is 3.88. The molecule has 2 heteroatoms. The molecule has 1 heterocycles. The molecule has 2 aromatic carbocycles. The van der Waals surface area contributed by atoms with Crippen molar-refractivity contribution in [3.05, 3.63) is 47.5 Å². The third-order valence-corrected chi connectivity index (χ3v) is 3.56. The molecule has 0 bridgehead atoms. The highest BCUT2D eigenvalue weighted by Gasteiger charge is 2.24. The third-order valence-electron chi connectivity index (χ3n) is 3.56. The summed E-state index contributed by atoms with van der Waals surface area (Å²) in [5, 5.41) is 5.49. The highest BCUT2D eigenvalue weighted by Crippen LogP contribution is 2.27. The molecule has 0 spiro atoms. The standard InChI is InChI=1S/C15H15NO/c1-2-11-9-14-12-6-4-3-5-10(12)7-8-13(14)15(17)16-11/h3-8,11H,2,9H2,1H3,(H,16,17). The van der Waals surface area contributed by atoms with E-state index in [1.165, 1.54) is 16.3 Å². The van der Waals surface area contributed by atoms with Crippen molar-refractivity contribution < 1.29 is 4.79 Å². The highest BCUT2D eigenvalue weighted by molar-refractivity contribution is 6.02. The van der Waals surface area contributed by atoms with Crippen molar-refractivity contribution in [2.24, 2.45) is 0 Å². The van der Waals surface area contributed by atoms with Crippen molar-refractivity contribution in [1.82, 2.24) is 5.32 Å². The predicted molar refractivity (Wildman–Crippen MR) is 69.2 cm³/mol. The van der Waals surface area contributed by atoms with Crippen molar-refractivity contribution in [1.29, 1.82) is 0 Å². The van der Waals surface area contributed by atoms with Crippen molar-refractivity contribution in [3.63, 3.8) is 0 Å². The van der Waals surface area contributed by atoms with E-state index in [9.17, 15) is 4.79 Å². The molecule has 86 valence electrons. The number of fused-ring (bicyclic) bond motifs is 3. The Bertz CT molecular complexity index is 588. The lowest BCUT2D eigenvalue weighted by Gasteiger charge is -2.25. The van der Waals surface area contributed by atoms with Crippen LogP contribution in [-0.2, 0) is 6.42 Å². The fraction of sp³-hybridized carbons (Fsp3) is 0.267. The van der Waals surface area contributed by atoms with Crippen LogP contribution in [0, 0.1) is 0 Å². The highest BCUT2D eigenvalue weighted by atomic mass is 16.1. The Kier molecular flexibility index (Phi) is 2.36. The van der Waals surface area contributed by atoms with Crippen LogP contribution in [0.3, 0.4) is 0 Å². The SMILES string of the molecule is CCC1Cc2c(ccc3ccccc23)C(=O)N1. The number of nitrogens with one attached hydrogen (secondary N) is 1. The van der Waals surface area contributed by atoms with Crippen molar-refractivity contribution in [2.45, 2.75) is 25.8 Å². The Morgan fingerprint density at radius 1 is 1.24 bits per heavy atom. The third kappa shape index (κ3) is 1.60. The van der Waals surface area contributed by atoms with Gasteiger partial charge in [0.1, 0.15) is 0 Å². The van der Waals surface area contributed by atoms with Crippen LogP contribution in [0.5, 0.6) is 0 Å². The lowest BCUT2D eigenvalue weighted by Crippen LogP contribution is -2.40. The molecule has 0 saturated carbocycles. The molecule has 0 aromatic heterocycles. The van der Waals surface area contributed by atoms with Gasteiger partial charge in [0, 0.05) is 11.6 Å². The van der Waals surface area contributed by atoms with Crippen LogP contribution < -0.4 is 5.32 Å². The first-order valence-electron chi connectivity index (χ1n) is 6.11. The van der Waals surface area contributed by atoms with Crippen LogP contribution in [0.25, 0.3) is 10.8 Å². The van der Waals surface area contributed by atoms with E-state index >= 15 is 0 Å². The Balaban J connectivity index is 2.24. The zero-order valence-electron chi connectivity index (χ0n) is 9.86. The number of carbonyl (C=O) groups excluding carboxylic acids is 1. The van der Waals surface area contributed by atoms with Crippen LogP contribution in [-0.4, -0.2) is 11.9 Å². The molecule has 1 atom stereocenters. The molecule has 0 fully saturated rings.